The molecule has 4 heteroatoms. The van der Waals surface area contributed by atoms with Gasteiger partial charge in [0.1, 0.15) is 18.5 Å². The van der Waals surface area contributed by atoms with E-state index in [1.807, 2.05) is 24.3 Å². The number of hydrogen-bond donors (Lipinski definition) is 0. The van der Waals surface area contributed by atoms with E-state index in [1.165, 1.54) is 0 Å². The standard InChI is InChI=1S/C18H13ClO3/c1-2-11-21-15-6-4-3-5-14(15)17-18(22-17)16(20)12-7-9-13(19)10-8-12/h1,3-10,17-18H,11H2. The molecule has 2 aromatic carbocycles. The van der Waals surface area contributed by atoms with E-state index >= 15 is 0 Å². The summed E-state index contributed by atoms with van der Waals surface area (Å²) in [4.78, 5) is 12.4. The largest absolute Gasteiger partial charge is 0.481 e. The van der Waals surface area contributed by atoms with Crippen LogP contribution in [0.3, 0.4) is 0 Å². The zero-order chi connectivity index (χ0) is 15.5. The van der Waals surface area contributed by atoms with Crippen LogP contribution in [0, 0.1) is 12.3 Å². The molecule has 110 valence electrons. The number of carbonyl (C=O) groups excluding carboxylic acids is 1. The Morgan fingerprint density at radius 1 is 1.23 bits per heavy atom. The van der Waals surface area contributed by atoms with Crippen LogP contribution in [0.4, 0.5) is 0 Å². The number of rotatable bonds is 5. The molecule has 1 fully saturated rings. The van der Waals surface area contributed by atoms with Crippen LogP contribution in [-0.4, -0.2) is 18.5 Å². The summed E-state index contributed by atoms with van der Waals surface area (Å²) in [5.41, 5.74) is 1.42. The van der Waals surface area contributed by atoms with Gasteiger partial charge in [0.15, 0.2) is 11.9 Å². The van der Waals surface area contributed by atoms with Gasteiger partial charge in [-0.3, -0.25) is 4.79 Å². The molecule has 0 bridgehead atoms. The first-order valence-electron chi connectivity index (χ1n) is 6.81. The van der Waals surface area contributed by atoms with Gasteiger partial charge in [-0.2, -0.15) is 0 Å². The van der Waals surface area contributed by atoms with Crippen LogP contribution in [-0.2, 0) is 4.74 Å². The van der Waals surface area contributed by atoms with Gasteiger partial charge in [-0.25, -0.2) is 0 Å². The Balaban J connectivity index is 1.76. The zero-order valence-corrected chi connectivity index (χ0v) is 12.4. The molecule has 3 nitrogen and oxygen atoms in total. The highest BCUT2D eigenvalue weighted by molar-refractivity contribution is 6.30. The smallest absolute Gasteiger partial charge is 0.194 e. The second-order valence-electron chi connectivity index (χ2n) is 4.88. The van der Waals surface area contributed by atoms with E-state index in [2.05, 4.69) is 5.92 Å². The van der Waals surface area contributed by atoms with Crippen molar-refractivity contribution in [3.63, 3.8) is 0 Å². The Morgan fingerprint density at radius 3 is 2.68 bits per heavy atom. The lowest BCUT2D eigenvalue weighted by molar-refractivity contribution is 0.0953. The number of terminal acetylenes is 1. The van der Waals surface area contributed by atoms with Crippen LogP contribution >= 0.6 is 11.6 Å². The minimum atomic E-state index is -0.489. The predicted octanol–water partition coefficient (Wildman–Crippen LogP) is 3.67. The topological polar surface area (TPSA) is 38.8 Å². The molecule has 0 saturated carbocycles. The molecule has 22 heavy (non-hydrogen) atoms. The highest BCUT2D eigenvalue weighted by atomic mass is 35.5. The van der Waals surface area contributed by atoms with E-state index in [4.69, 9.17) is 27.5 Å². The maximum Gasteiger partial charge on any atom is 0.194 e. The minimum Gasteiger partial charge on any atom is -0.481 e. The molecule has 0 amide bonds. The predicted molar refractivity (Wildman–Crippen MR) is 84.2 cm³/mol. The van der Waals surface area contributed by atoms with Crippen molar-refractivity contribution in [1.29, 1.82) is 0 Å². The Hall–Kier alpha value is -2.28. The summed E-state index contributed by atoms with van der Waals surface area (Å²) < 4.78 is 11.0. The molecule has 1 aliphatic heterocycles. The quantitative estimate of drug-likeness (QED) is 0.480. The molecule has 0 aliphatic carbocycles. The van der Waals surface area contributed by atoms with E-state index in [9.17, 15) is 4.79 Å². The lowest BCUT2D eigenvalue weighted by atomic mass is 10.0. The molecule has 2 atom stereocenters. The van der Waals surface area contributed by atoms with Crippen LogP contribution in [0.2, 0.25) is 5.02 Å². The lowest BCUT2D eigenvalue weighted by Crippen LogP contribution is -2.08. The van der Waals surface area contributed by atoms with Crippen LogP contribution in [0.15, 0.2) is 48.5 Å². The van der Waals surface area contributed by atoms with Crippen molar-refractivity contribution in [3.8, 4) is 18.1 Å². The fourth-order valence-electron chi connectivity index (χ4n) is 2.29. The first kappa shape index (κ1) is 14.6. The van der Waals surface area contributed by atoms with Crippen molar-refractivity contribution in [1.82, 2.24) is 0 Å². The number of ketones is 1. The summed E-state index contributed by atoms with van der Waals surface area (Å²) in [6.07, 6.45) is 4.43. The molecule has 1 aliphatic rings. The first-order valence-corrected chi connectivity index (χ1v) is 7.19. The summed E-state index contributed by atoms with van der Waals surface area (Å²) in [7, 11) is 0. The second kappa shape index (κ2) is 6.23. The molecular weight excluding hydrogens is 300 g/mol. The molecule has 0 radical (unpaired) electrons. The van der Waals surface area contributed by atoms with Gasteiger partial charge in [0.2, 0.25) is 0 Å². The molecule has 1 saturated heterocycles. The van der Waals surface area contributed by atoms with Gasteiger partial charge in [-0.1, -0.05) is 35.7 Å². The fourth-order valence-corrected chi connectivity index (χ4v) is 2.42. The van der Waals surface area contributed by atoms with Gasteiger partial charge < -0.3 is 9.47 Å². The van der Waals surface area contributed by atoms with Crippen LogP contribution < -0.4 is 4.74 Å². The average molecular weight is 313 g/mol. The van der Waals surface area contributed by atoms with Gasteiger partial charge in [0, 0.05) is 16.1 Å². The van der Waals surface area contributed by atoms with E-state index in [0.717, 1.165) is 5.56 Å². The molecule has 0 spiro atoms. The number of hydrogen-bond acceptors (Lipinski definition) is 3. The summed E-state index contributed by atoms with van der Waals surface area (Å²) in [5, 5.41) is 0.595. The number of halogens is 1. The Morgan fingerprint density at radius 2 is 1.95 bits per heavy atom. The Labute approximate surface area is 133 Å². The third-order valence-corrected chi connectivity index (χ3v) is 3.67. The van der Waals surface area contributed by atoms with Gasteiger partial charge in [0.25, 0.3) is 0 Å². The average Bonchev–Trinajstić information content (AvgIpc) is 3.34. The Bertz CT molecular complexity index is 731. The van der Waals surface area contributed by atoms with Crippen LogP contribution in [0.1, 0.15) is 22.0 Å². The molecule has 0 N–H and O–H groups in total. The third kappa shape index (κ3) is 2.99. The highest BCUT2D eigenvalue weighted by Gasteiger charge is 2.47. The van der Waals surface area contributed by atoms with Crippen molar-refractivity contribution < 1.29 is 14.3 Å². The summed E-state index contributed by atoms with van der Waals surface area (Å²) >= 11 is 5.83. The van der Waals surface area contributed by atoms with Gasteiger partial charge in [0.05, 0.1) is 0 Å². The van der Waals surface area contributed by atoms with Crippen LogP contribution in [0.25, 0.3) is 0 Å². The summed E-state index contributed by atoms with van der Waals surface area (Å²) in [6, 6.07) is 14.2. The third-order valence-electron chi connectivity index (χ3n) is 3.42. The fraction of sp³-hybridized carbons (Fsp3) is 0.167. The number of para-hydroxylation sites is 1. The van der Waals surface area contributed by atoms with E-state index < -0.39 is 6.10 Å². The highest BCUT2D eigenvalue weighted by Crippen LogP contribution is 2.44. The van der Waals surface area contributed by atoms with Gasteiger partial charge >= 0.3 is 0 Å². The number of carbonyl (C=O) groups is 1. The van der Waals surface area contributed by atoms with Crippen molar-refractivity contribution in [2.45, 2.75) is 12.2 Å². The monoisotopic (exact) mass is 312 g/mol. The first-order chi connectivity index (χ1) is 10.7. The normalized spacial score (nSPS) is 19.3. The van der Waals surface area contributed by atoms with E-state index in [1.54, 1.807) is 24.3 Å². The van der Waals surface area contributed by atoms with Crippen molar-refractivity contribution in [2.75, 3.05) is 6.61 Å². The number of epoxide rings is 1. The number of benzene rings is 2. The SMILES string of the molecule is C#CCOc1ccccc1C1OC1C(=O)c1ccc(Cl)cc1. The molecule has 2 unspecified atom stereocenters. The second-order valence-corrected chi connectivity index (χ2v) is 5.32. The molecule has 0 aromatic heterocycles. The van der Waals surface area contributed by atoms with Crippen molar-refractivity contribution in [2.24, 2.45) is 0 Å². The zero-order valence-electron chi connectivity index (χ0n) is 11.7. The van der Waals surface area contributed by atoms with E-state index in [-0.39, 0.29) is 18.5 Å². The van der Waals surface area contributed by atoms with E-state index in [0.29, 0.717) is 16.3 Å². The van der Waals surface area contributed by atoms with Gasteiger partial charge in [-0.05, 0) is 30.3 Å². The molecule has 2 aromatic rings. The molecule has 3 rings (SSSR count). The summed E-state index contributed by atoms with van der Waals surface area (Å²) in [6.45, 7) is 0.180. The summed E-state index contributed by atoms with van der Waals surface area (Å²) in [5.74, 6) is 3.01. The molecule has 1 heterocycles. The minimum absolute atomic E-state index is 0.0616. The maximum absolute atomic E-state index is 12.4. The van der Waals surface area contributed by atoms with Gasteiger partial charge in [-0.15, -0.1) is 6.42 Å². The maximum atomic E-state index is 12.4. The number of Topliss-reactive ketones (excluding diaryl/α,β-unsaturated/α-hetero) is 1. The van der Waals surface area contributed by atoms with Crippen molar-refractivity contribution in [3.05, 3.63) is 64.7 Å². The lowest BCUT2D eigenvalue weighted by Gasteiger charge is -2.07. The Kier molecular flexibility index (Phi) is 4.15. The molecular formula is C18H13ClO3. The number of ether oxygens (including phenoxy) is 2. The van der Waals surface area contributed by atoms with Crippen molar-refractivity contribution >= 4 is 17.4 Å². The van der Waals surface area contributed by atoms with Crippen LogP contribution in [0.5, 0.6) is 5.75 Å².